The second kappa shape index (κ2) is 5.10. The monoisotopic (exact) mass is 326 g/mol. The van der Waals surface area contributed by atoms with E-state index in [2.05, 4.69) is 15.1 Å². The van der Waals surface area contributed by atoms with Crippen molar-refractivity contribution in [1.82, 2.24) is 19.7 Å². The lowest BCUT2D eigenvalue weighted by Crippen LogP contribution is -2.09. The first kappa shape index (κ1) is 13.8. The quantitative estimate of drug-likeness (QED) is 0.613. The fourth-order valence-corrected chi connectivity index (χ4v) is 2.72. The van der Waals surface area contributed by atoms with E-state index in [1.807, 2.05) is 24.3 Å². The van der Waals surface area contributed by atoms with E-state index in [-0.39, 0.29) is 11.6 Å². The number of aromatic nitrogens is 4. The first-order chi connectivity index (χ1) is 11.1. The summed E-state index contributed by atoms with van der Waals surface area (Å²) in [6.45, 7) is 0. The largest absolute Gasteiger partial charge is 0.425 e. The topological polar surface area (TPSA) is 72.8 Å². The summed E-state index contributed by atoms with van der Waals surface area (Å²) in [6.07, 6.45) is 1.47. The van der Waals surface area contributed by atoms with Crippen LogP contribution < -0.4 is 10.3 Å². The number of halogens is 1. The average Bonchev–Trinajstić information content (AvgIpc) is 2.92. The Balaban J connectivity index is 1.87. The number of hydrogen-bond donors (Lipinski definition) is 1. The second-order valence-electron chi connectivity index (χ2n) is 5.07. The molecule has 4 aromatic rings. The zero-order chi connectivity index (χ0) is 16.0. The summed E-state index contributed by atoms with van der Waals surface area (Å²) >= 11 is 6.20. The Hall–Kier alpha value is -2.86. The maximum Gasteiger partial charge on any atom is 0.304 e. The van der Waals surface area contributed by atoms with Gasteiger partial charge < -0.3 is 4.74 Å². The molecule has 0 saturated heterocycles. The summed E-state index contributed by atoms with van der Waals surface area (Å²) in [7, 11) is 1.72. The molecule has 6 nitrogen and oxygen atoms in total. The van der Waals surface area contributed by atoms with Crippen molar-refractivity contribution in [3.8, 4) is 11.8 Å². The number of rotatable bonds is 2. The number of aromatic amines is 1. The average molecular weight is 327 g/mol. The Kier molecular flexibility index (Phi) is 3.06. The zero-order valence-electron chi connectivity index (χ0n) is 12.1. The van der Waals surface area contributed by atoms with Crippen LogP contribution in [0.5, 0.6) is 11.8 Å². The van der Waals surface area contributed by atoms with Gasteiger partial charge in [-0.05, 0) is 12.1 Å². The molecule has 7 heteroatoms. The molecule has 114 valence electrons. The van der Waals surface area contributed by atoms with Crippen molar-refractivity contribution in [3.05, 3.63) is 58.0 Å². The molecule has 2 aromatic heterocycles. The second-order valence-corrected chi connectivity index (χ2v) is 5.48. The van der Waals surface area contributed by atoms with Crippen molar-refractivity contribution < 1.29 is 4.74 Å². The summed E-state index contributed by atoms with van der Waals surface area (Å²) in [5.74, 6) is 0.565. The molecule has 4 rings (SSSR count). The smallest absolute Gasteiger partial charge is 0.304 e. The highest BCUT2D eigenvalue weighted by Gasteiger charge is 2.11. The maximum atomic E-state index is 12.1. The van der Waals surface area contributed by atoms with E-state index in [0.29, 0.717) is 21.8 Å². The molecule has 2 heterocycles. The van der Waals surface area contributed by atoms with Crippen LogP contribution in [0.15, 0.2) is 47.4 Å². The lowest BCUT2D eigenvalue weighted by molar-refractivity contribution is 0.446. The number of nitrogens with one attached hydrogen (secondary N) is 1. The van der Waals surface area contributed by atoms with E-state index in [1.54, 1.807) is 19.2 Å². The molecular weight excluding hydrogens is 316 g/mol. The van der Waals surface area contributed by atoms with Gasteiger partial charge in [-0.25, -0.2) is 0 Å². The molecule has 0 spiro atoms. The maximum absolute atomic E-state index is 12.1. The molecule has 0 unspecified atom stereocenters. The van der Waals surface area contributed by atoms with Gasteiger partial charge in [0.25, 0.3) is 5.56 Å². The van der Waals surface area contributed by atoms with Crippen LogP contribution in [0, 0.1) is 0 Å². The van der Waals surface area contributed by atoms with Crippen LogP contribution in [0.2, 0.25) is 5.02 Å². The van der Waals surface area contributed by atoms with Crippen LogP contribution >= 0.6 is 11.6 Å². The summed E-state index contributed by atoms with van der Waals surface area (Å²) in [6, 6.07) is 11.2. The van der Waals surface area contributed by atoms with Crippen molar-refractivity contribution in [2.75, 3.05) is 0 Å². The molecule has 0 atom stereocenters. The Morgan fingerprint density at radius 2 is 1.91 bits per heavy atom. The van der Waals surface area contributed by atoms with Crippen LogP contribution in [0.3, 0.4) is 0 Å². The molecular formula is C16H11ClN4O2. The summed E-state index contributed by atoms with van der Waals surface area (Å²) in [4.78, 5) is 19.0. The Bertz CT molecular complexity index is 1100. The van der Waals surface area contributed by atoms with Gasteiger partial charge in [-0.2, -0.15) is 10.1 Å². The fraction of sp³-hybridized carbons (Fsp3) is 0.0625. The lowest BCUT2D eigenvalue weighted by atomic mass is 10.1. The molecule has 0 radical (unpaired) electrons. The van der Waals surface area contributed by atoms with Crippen molar-refractivity contribution in [1.29, 1.82) is 0 Å². The molecule has 0 bridgehead atoms. The zero-order valence-corrected chi connectivity index (χ0v) is 12.8. The number of H-pyrrole nitrogens is 1. The highest BCUT2D eigenvalue weighted by molar-refractivity contribution is 6.35. The highest BCUT2D eigenvalue weighted by Crippen LogP contribution is 2.33. The molecule has 0 aliphatic heterocycles. The van der Waals surface area contributed by atoms with Crippen molar-refractivity contribution in [3.63, 3.8) is 0 Å². The van der Waals surface area contributed by atoms with Crippen LogP contribution in [0.4, 0.5) is 0 Å². The van der Waals surface area contributed by atoms with Gasteiger partial charge in [-0.1, -0.05) is 35.9 Å². The Morgan fingerprint density at radius 1 is 1.13 bits per heavy atom. The first-order valence-electron chi connectivity index (χ1n) is 6.90. The molecule has 0 aliphatic rings. The van der Waals surface area contributed by atoms with Gasteiger partial charge in [0.1, 0.15) is 11.1 Å². The van der Waals surface area contributed by atoms with E-state index in [1.165, 1.54) is 10.9 Å². The predicted octanol–water partition coefficient (Wildman–Crippen LogP) is 3.26. The summed E-state index contributed by atoms with van der Waals surface area (Å²) in [5.41, 5.74) is 0.165. The van der Waals surface area contributed by atoms with Crippen LogP contribution in [0.25, 0.3) is 21.8 Å². The van der Waals surface area contributed by atoms with Crippen LogP contribution in [0.1, 0.15) is 0 Å². The van der Waals surface area contributed by atoms with E-state index in [4.69, 9.17) is 16.3 Å². The third-order valence-corrected chi connectivity index (χ3v) is 3.95. The molecule has 0 saturated carbocycles. The standard InChI is InChI=1S/C16H11ClN4O2/c1-21-14-11(8-18-21)15(22)20-16(19-14)23-13-7-6-12(17)9-4-2-3-5-10(9)13/h2-8H,1H3,(H,19,20,22). The summed E-state index contributed by atoms with van der Waals surface area (Å²) in [5, 5.41) is 6.79. The summed E-state index contributed by atoms with van der Waals surface area (Å²) < 4.78 is 7.32. The minimum atomic E-state index is -0.295. The predicted molar refractivity (Wildman–Crippen MR) is 88.2 cm³/mol. The number of ether oxygens (including phenoxy) is 1. The van der Waals surface area contributed by atoms with Crippen LogP contribution in [-0.2, 0) is 7.05 Å². The Morgan fingerprint density at radius 3 is 2.74 bits per heavy atom. The van der Waals surface area contributed by atoms with Crippen molar-refractivity contribution >= 4 is 33.4 Å². The molecule has 0 amide bonds. The Labute approximate surface area is 135 Å². The van der Waals surface area contributed by atoms with Gasteiger partial charge >= 0.3 is 6.01 Å². The van der Waals surface area contributed by atoms with E-state index >= 15 is 0 Å². The molecule has 0 fully saturated rings. The normalized spacial score (nSPS) is 11.2. The van der Waals surface area contributed by atoms with Gasteiger partial charge in [-0.3, -0.25) is 14.5 Å². The van der Waals surface area contributed by atoms with Gasteiger partial charge in [0.05, 0.1) is 6.20 Å². The van der Waals surface area contributed by atoms with Gasteiger partial charge in [-0.15, -0.1) is 0 Å². The fourth-order valence-electron chi connectivity index (χ4n) is 2.49. The lowest BCUT2D eigenvalue weighted by Gasteiger charge is -2.09. The number of nitrogens with zero attached hydrogens (tertiary/aromatic N) is 3. The van der Waals surface area contributed by atoms with Gasteiger partial charge in [0.2, 0.25) is 0 Å². The number of aryl methyl sites for hydroxylation is 1. The highest BCUT2D eigenvalue weighted by atomic mass is 35.5. The third-order valence-electron chi connectivity index (χ3n) is 3.62. The number of hydrogen-bond acceptors (Lipinski definition) is 4. The first-order valence-corrected chi connectivity index (χ1v) is 7.28. The minimum Gasteiger partial charge on any atom is -0.425 e. The van der Waals surface area contributed by atoms with Crippen molar-refractivity contribution in [2.45, 2.75) is 0 Å². The van der Waals surface area contributed by atoms with E-state index in [9.17, 15) is 4.79 Å². The number of fused-ring (bicyclic) bond motifs is 2. The van der Waals surface area contributed by atoms with Crippen LogP contribution in [-0.4, -0.2) is 19.7 Å². The number of benzene rings is 2. The van der Waals surface area contributed by atoms with E-state index in [0.717, 1.165) is 10.8 Å². The van der Waals surface area contributed by atoms with Crippen molar-refractivity contribution in [2.24, 2.45) is 7.05 Å². The van der Waals surface area contributed by atoms with Gasteiger partial charge in [0, 0.05) is 22.8 Å². The molecule has 23 heavy (non-hydrogen) atoms. The molecule has 1 N–H and O–H groups in total. The van der Waals surface area contributed by atoms with E-state index < -0.39 is 0 Å². The molecule has 2 aromatic carbocycles. The van der Waals surface area contributed by atoms with Gasteiger partial charge in [0.15, 0.2) is 5.65 Å². The third kappa shape index (κ3) is 2.24. The minimum absolute atomic E-state index is 0.110. The molecule has 0 aliphatic carbocycles. The SMILES string of the molecule is Cn1ncc2c(=O)[nH]c(Oc3ccc(Cl)c4ccccc34)nc21.